The number of carbonyl (C=O) groups is 3. The first-order chi connectivity index (χ1) is 18.2. The molecule has 8 nitrogen and oxygen atoms in total. The van der Waals surface area contributed by atoms with Crippen LogP contribution in [0.3, 0.4) is 0 Å². The van der Waals surface area contributed by atoms with Crippen molar-refractivity contribution in [1.82, 2.24) is 25.0 Å². The molecule has 1 aromatic carbocycles. The highest BCUT2D eigenvalue weighted by atomic mass is 19.2. The van der Waals surface area contributed by atoms with Crippen molar-refractivity contribution in [3.05, 3.63) is 35.5 Å². The molecule has 4 fully saturated rings. The molecule has 4 heterocycles. The molecule has 3 amide bonds. The van der Waals surface area contributed by atoms with E-state index in [4.69, 9.17) is 0 Å². The molecule has 206 valence electrons. The summed E-state index contributed by atoms with van der Waals surface area (Å²) < 4.78 is 29.2. The van der Waals surface area contributed by atoms with Crippen LogP contribution < -0.4 is 10.6 Å². The van der Waals surface area contributed by atoms with E-state index in [0.29, 0.717) is 29.7 Å². The number of rotatable bonds is 6. The highest BCUT2D eigenvalue weighted by Gasteiger charge is 2.46. The Morgan fingerprint density at radius 1 is 0.921 bits per heavy atom. The third kappa shape index (κ3) is 4.79. The van der Waals surface area contributed by atoms with Crippen molar-refractivity contribution in [2.75, 3.05) is 20.1 Å². The Bertz CT molecular complexity index is 1240. The Morgan fingerprint density at radius 2 is 1.55 bits per heavy atom. The first kappa shape index (κ1) is 26.6. The fourth-order valence-electron chi connectivity index (χ4n) is 6.47. The molecule has 0 spiro atoms. The maximum atomic E-state index is 13.9. The lowest BCUT2D eigenvalue weighted by atomic mass is 9.82. The third-order valence-electron chi connectivity index (χ3n) is 8.89. The smallest absolute Gasteiger partial charge is 0.270 e. The minimum atomic E-state index is -0.951. The second-order valence-electron chi connectivity index (χ2n) is 11.1. The Hall–Kier alpha value is -3.01. The summed E-state index contributed by atoms with van der Waals surface area (Å²) in [6, 6.07) is 2.57. The number of aryl methyl sites for hydroxylation is 1. The average Bonchev–Trinajstić information content (AvgIpc) is 3.25. The first-order valence-electron chi connectivity index (χ1n) is 13.7. The van der Waals surface area contributed by atoms with Crippen molar-refractivity contribution in [3.63, 3.8) is 0 Å². The fourth-order valence-corrected chi connectivity index (χ4v) is 6.47. The van der Waals surface area contributed by atoms with Gasteiger partial charge in [-0.3, -0.25) is 14.4 Å². The number of amides is 3. The minimum absolute atomic E-state index is 0.0501. The lowest BCUT2D eigenvalue weighted by Crippen LogP contribution is -2.68. The molecule has 38 heavy (non-hydrogen) atoms. The quantitative estimate of drug-likeness (QED) is 0.603. The summed E-state index contributed by atoms with van der Waals surface area (Å²) >= 11 is 0. The number of piperidine rings is 2. The molecule has 2 aromatic rings. The monoisotopic (exact) mass is 529 g/mol. The molecule has 6 rings (SSSR count). The van der Waals surface area contributed by atoms with Gasteiger partial charge >= 0.3 is 0 Å². The molecular weight excluding hydrogens is 492 g/mol. The van der Waals surface area contributed by atoms with Gasteiger partial charge in [-0.2, -0.15) is 0 Å². The van der Waals surface area contributed by atoms with Gasteiger partial charge in [-0.05, 0) is 57.7 Å². The van der Waals surface area contributed by atoms with Crippen molar-refractivity contribution < 1.29 is 23.2 Å². The van der Waals surface area contributed by atoms with Crippen LogP contribution >= 0.6 is 0 Å². The van der Waals surface area contributed by atoms with Gasteiger partial charge < -0.3 is 25.0 Å². The summed E-state index contributed by atoms with van der Waals surface area (Å²) in [5.41, 5.74) is 0.817. The van der Waals surface area contributed by atoms with Crippen LogP contribution in [0.5, 0.6) is 0 Å². The SMILES string of the molecule is CN[C@@H](C)C(=O)N[C@H](C(=O)N1CC2CCC1CN2C(=O)c1cc2cc(F)c(F)cc2n1C)C1CCCCC1. The van der Waals surface area contributed by atoms with Crippen LogP contribution in [0.1, 0.15) is 62.4 Å². The zero-order valence-corrected chi connectivity index (χ0v) is 22.3. The van der Waals surface area contributed by atoms with Crippen LogP contribution in [0, 0.1) is 17.6 Å². The molecule has 10 heteroatoms. The van der Waals surface area contributed by atoms with Gasteiger partial charge in [0.25, 0.3) is 5.91 Å². The number of aromatic nitrogens is 1. The molecule has 4 atom stereocenters. The maximum Gasteiger partial charge on any atom is 0.270 e. The van der Waals surface area contributed by atoms with Gasteiger partial charge in [0.15, 0.2) is 11.6 Å². The highest BCUT2D eigenvalue weighted by molar-refractivity contribution is 5.99. The molecular formula is C28H37F2N5O3. The van der Waals surface area contributed by atoms with Crippen LogP contribution in [0.15, 0.2) is 18.2 Å². The van der Waals surface area contributed by atoms with Gasteiger partial charge in [0, 0.05) is 43.7 Å². The van der Waals surface area contributed by atoms with Crippen LogP contribution in [-0.4, -0.2) is 76.4 Å². The molecule has 4 aliphatic rings. The number of halogens is 2. The number of hydrogen-bond acceptors (Lipinski definition) is 4. The van der Waals surface area contributed by atoms with E-state index in [0.717, 1.165) is 57.1 Å². The van der Waals surface area contributed by atoms with Crippen molar-refractivity contribution in [2.45, 2.75) is 76.0 Å². The number of nitrogens with one attached hydrogen (secondary N) is 2. The molecule has 2 unspecified atom stereocenters. The van der Waals surface area contributed by atoms with E-state index < -0.39 is 23.7 Å². The Balaban J connectivity index is 1.34. The Kier molecular flexibility index (Phi) is 7.44. The van der Waals surface area contributed by atoms with E-state index in [9.17, 15) is 23.2 Å². The second-order valence-corrected chi connectivity index (χ2v) is 11.1. The van der Waals surface area contributed by atoms with Crippen molar-refractivity contribution in [2.24, 2.45) is 13.0 Å². The average molecular weight is 530 g/mol. The first-order valence-corrected chi connectivity index (χ1v) is 13.7. The molecule has 3 saturated heterocycles. The van der Waals surface area contributed by atoms with Gasteiger partial charge in [0.1, 0.15) is 11.7 Å². The molecule has 1 aromatic heterocycles. The topological polar surface area (TPSA) is 86.7 Å². The lowest BCUT2D eigenvalue weighted by Gasteiger charge is -2.52. The van der Waals surface area contributed by atoms with Crippen molar-refractivity contribution in [3.8, 4) is 0 Å². The zero-order valence-electron chi connectivity index (χ0n) is 22.3. The van der Waals surface area contributed by atoms with E-state index >= 15 is 0 Å². The second kappa shape index (κ2) is 10.6. The number of nitrogens with zero attached hydrogens (tertiary/aromatic N) is 3. The predicted molar refractivity (Wildman–Crippen MR) is 139 cm³/mol. The van der Waals surface area contributed by atoms with Crippen LogP contribution in [0.2, 0.25) is 0 Å². The summed E-state index contributed by atoms with van der Waals surface area (Å²) in [5.74, 6) is -2.22. The highest BCUT2D eigenvalue weighted by Crippen LogP contribution is 2.34. The van der Waals surface area contributed by atoms with Gasteiger partial charge in [-0.15, -0.1) is 0 Å². The number of likely N-dealkylation sites (N-methyl/N-ethyl adjacent to an activating group) is 1. The van der Waals surface area contributed by atoms with E-state index in [2.05, 4.69) is 10.6 Å². The van der Waals surface area contributed by atoms with Crippen LogP contribution in [0.25, 0.3) is 10.9 Å². The number of benzene rings is 1. The summed E-state index contributed by atoms with van der Waals surface area (Å²) in [5, 5.41) is 6.46. The maximum absolute atomic E-state index is 13.9. The number of carbonyl (C=O) groups excluding carboxylic acids is 3. The normalized spacial score (nSPS) is 23.5. The van der Waals surface area contributed by atoms with Gasteiger partial charge in [-0.25, -0.2) is 8.78 Å². The fraction of sp³-hybridized carbons (Fsp3) is 0.607. The van der Waals surface area contributed by atoms with Gasteiger partial charge in [0.05, 0.1) is 11.6 Å². The molecule has 0 radical (unpaired) electrons. The van der Waals surface area contributed by atoms with E-state index in [1.807, 2.05) is 4.90 Å². The van der Waals surface area contributed by atoms with Gasteiger partial charge in [0.2, 0.25) is 11.8 Å². The summed E-state index contributed by atoms with van der Waals surface area (Å²) in [6.07, 6.45) is 6.67. The molecule has 2 N–H and O–H groups in total. The van der Waals surface area contributed by atoms with Crippen LogP contribution in [0.4, 0.5) is 8.78 Å². The molecule has 1 aliphatic carbocycles. The van der Waals surface area contributed by atoms with E-state index in [-0.39, 0.29) is 35.7 Å². The standard InChI is InChI=1S/C28H37F2N5O3/c1-16(31-2)26(36)32-25(17-7-5-4-6-8-17)28(38)35-15-19-9-10-20(35)14-34(19)27(37)24-12-18-11-21(29)22(30)13-23(18)33(24)3/h11-13,16-17,19-20,25,31H,4-10,14-15H2,1-3H3,(H,32,36)/t16-,19?,20?,25-/m0/s1. The summed E-state index contributed by atoms with van der Waals surface area (Å²) in [7, 11) is 3.40. The van der Waals surface area contributed by atoms with Gasteiger partial charge in [-0.1, -0.05) is 19.3 Å². The predicted octanol–water partition coefficient (Wildman–Crippen LogP) is 2.94. The molecule has 3 aliphatic heterocycles. The number of fused-ring (bicyclic) bond motifs is 4. The summed E-state index contributed by atoms with van der Waals surface area (Å²) in [6.45, 7) is 2.60. The summed E-state index contributed by atoms with van der Waals surface area (Å²) in [4.78, 5) is 44.0. The van der Waals surface area contributed by atoms with Crippen molar-refractivity contribution in [1.29, 1.82) is 0 Å². The number of hydrogen-bond donors (Lipinski definition) is 2. The van der Waals surface area contributed by atoms with Crippen molar-refractivity contribution >= 4 is 28.6 Å². The molecule has 2 bridgehead atoms. The molecule has 1 saturated carbocycles. The van der Waals surface area contributed by atoms with E-state index in [1.54, 1.807) is 36.6 Å². The van der Waals surface area contributed by atoms with E-state index in [1.165, 1.54) is 0 Å². The largest absolute Gasteiger partial charge is 0.343 e. The zero-order chi connectivity index (χ0) is 27.1. The third-order valence-corrected chi connectivity index (χ3v) is 8.89. The minimum Gasteiger partial charge on any atom is -0.343 e. The lowest BCUT2D eigenvalue weighted by molar-refractivity contribution is -0.146. The number of piperazine rings is 1. The Morgan fingerprint density at radius 3 is 2.18 bits per heavy atom. The van der Waals surface area contributed by atoms with Crippen LogP contribution in [-0.2, 0) is 16.6 Å². The Labute approximate surface area is 221 Å².